The number of rotatable bonds is 3. The zero-order valence-corrected chi connectivity index (χ0v) is 17.4. The Kier molecular flexibility index (Phi) is 4.10. The summed E-state index contributed by atoms with van der Waals surface area (Å²) in [6, 6.07) is 8.84. The first-order valence-electron chi connectivity index (χ1n) is 9.33. The fourth-order valence-electron chi connectivity index (χ4n) is 3.04. The third-order valence-corrected chi connectivity index (χ3v) is 5.62. The second-order valence-electron chi connectivity index (χ2n) is 7.95. The third kappa shape index (κ3) is 3.30. The monoisotopic (exact) mass is 421 g/mol. The van der Waals surface area contributed by atoms with Crippen LogP contribution in [0.15, 0.2) is 47.2 Å². The molecule has 2 amide bonds. The number of imidazole rings is 1. The van der Waals surface area contributed by atoms with Gasteiger partial charge in [-0.2, -0.15) is 5.10 Å². The quantitative estimate of drug-likeness (QED) is 0.385. The van der Waals surface area contributed by atoms with Crippen LogP contribution >= 0.6 is 11.3 Å². The van der Waals surface area contributed by atoms with E-state index >= 15 is 0 Å². The highest BCUT2D eigenvalue weighted by Crippen LogP contribution is 2.28. The number of hydrogen-bond donors (Lipinski definition) is 3. The second-order valence-corrected chi connectivity index (χ2v) is 8.93. The first-order valence-corrected chi connectivity index (χ1v) is 10.1. The van der Waals surface area contributed by atoms with Crippen LogP contribution in [-0.4, -0.2) is 30.8 Å². The molecule has 5 rings (SSSR count). The van der Waals surface area contributed by atoms with Gasteiger partial charge in [-0.15, -0.1) is 0 Å². The van der Waals surface area contributed by atoms with Gasteiger partial charge in [0, 0.05) is 28.9 Å². The van der Waals surface area contributed by atoms with Gasteiger partial charge >= 0.3 is 6.03 Å². The van der Waals surface area contributed by atoms with Crippen LogP contribution in [0.4, 0.5) is 16.3 Å². The number of benzene rings is 1. The summed E-state index contributed by atoms with van der Waals surface area (Å²) in [5.41, 5.74) is 3.31. The molecule has 0 spiro atoms. The minimum Gasteiger partial charge on any atom is -0.359 e. The summed E-state index contributed by atoms with van der Waals surface area (Å²) in [6.07, 6.45) is 3.77. The van der Waals surface area contributed by atoms with E-state index in [2.05, 4.69) is 31.0 Å². The van der Waals surface area contributed by atoms with Crippen LogP contribution in [0.3, 0.4) is 0 Å². The number of aromatic nitrogens is 5. The Morgan fingerprint density at radius 2 is 2.00 bits per heavy atom. The van der Waals surface area contributed by atoms with E-state index in [9.17, 15) is 4.79 Å². The number of carbonyl (C=O) groups is 1. The second kappa shape index (κ2) is 6.70. The lowest BCUT2D eigenvalue weighted by atomic mass is 9.93. The Morgan fingerprint density at radius 1 is 1.20 bits per heavy atom. The van der Waals surface area contributed by atoms with Crippen molar-refractivity contribution in [3.05, 3.63) is 48.5 Å². The summed E-state index contributed by atoms with van der Waals surface area (Å²) < 4.78 is 7.29. The summed E-state index contributed by atoms with van der Waals surface area (Å²) in [7, 11) is 0. The maximum atomic E-state index is 12.3. The van der Waals surface area contributed by atoms with Crippen LogP contribution in [0, 0.1) is 0 Å². The highest BCUT2D eigenvalue weighted by atomic mass is 32.1. The van der Waals surface area contributed by atoms with Gasteiger partial charge in [-0.05, 0) is 12.1 Å². The Labute approximate surface area is 175 Å². The van der Waals surface area contributed by atoms with Crippen molar-refractivity contribution in [2.75, 3.05) is 10.6 Å². The first-order chi connectivity index (χ1) is 14.4. The lowest BCUT2D eigenvalue weighted by molar-refractivity contribution is 0.262. The van der Waals surface area contributed by atoms with Crippen molar-refractivity contribution in [1.82, 2.24) is 24.7 Å². The largest absolute Gasteiger partial charge is 0.359 e. The molecular formula is C20H19N7O2S. The van der Waals surface area contributed by atoms with Crippen LogP contribution in [0.1, 0.15) is 26.5 Å². The fraction of sp³-hybridized carbons (Fsp3) is 0.200. The lowest BCUT2D eigenvalue weighted by Gasteiger charge is -2.12. The van der Waals surface area contributed by atoms with Crippen LogP contribution in [0.25, 0.3) is 26.6 Å². The minimum absolute atomic E-state index is 0.176. The highest BCUT2D eigenvalue weighted by molar-refractivity contribution is 7.23. The van der Waals surface area contributed by atoms with Crippen molar-refractivity contribution in [2.24, 2.45) is 0 Å². The van der Waals surface area contributed by atoms with Gasteiger partial charge in [0.1, 0.15) is 16.1 Å². The van der Waals surface area contributed by atoms with Crippen molar-refractivity contribution in [3.8, 4) is 11.3 Å². The zero-order valence-electron chi connectivity index (χ0n) is 16.6. The van der Waals surface area contributed by atoms with Crippen LogP contribution < -0.4 is 10.6 Å². The number of nitrogens with zero attached hydrogens (tertiary/aromatic N) is 4. The number of fused-ring (bicyclic) bond motifs is 3. The van der Waals surface area contributed by atoms with Gasteiger partial charge in [0.25, 0.3) is 0 Å². The third-order valence-electron chi connectivity index (χ3n) is 4.64. The van der Waals surface area contributed by atoms with E-state index in [1.807, 2.05) is 55.6 Å². The Morgan fingerprint density at radius 3 is 2.73 bits per heavy atom. The molecule has 0 saturated heterocycles. The molecule has 4 aromatic heterocycles. The van der Waals surface area contributed by atoms with Crippen molar-refractivity contribution < 1.29 is 9.32 Å². The van der Waals surface area contributed by atoms with E-state index in [0.717, 1.165) is 26.6 Å². The number of H-pyrrole nitrogens is 1. The molecule has 0 bridgehead atoms. The Balaban J connectivity index is 1.28. The van der Waals surface area contributed by atoms with Gasteiger partial charge < -0.3 is 9.84 Å². The van der Waals surface area contributed by atoms with Crippen molar-refractivity contribution in [2.45, 2.75) is 26.2 Å². The maximum absolute atomic E-state index is 12.3. The van der Waals surface area contributed by atoms with E-state index in [0.29, 0.717) is 17.3 Å². The van der Waals surface area contributed by atoms with Crippen LogP contribution in [0.2, 0.25) is 0 Å². The summed E-state index contributed by atoms with van der Waals surface area (Å²) in [4.78, 5) is 18.8. The molecule has 1 aromatic carbocycles. The smallest absolute Gasteiger partial charge is 0.324 e. The number of aromatic amines is 1. The van der Waals surface area contributed by atoms with E-state index in [1.165, 1.54) is 0 Å². The average molecular weight is 421 g/mol. The Hall–Kier alpha value is -3.66. The van der Waals surface area contributed by atoms with Crippen molar-refractivity contribution in [3.63, 3.8) is 0 Å². The van der Waals surface area contributed by atoms with E-state index < -0.39 is 0 Å². The number of hydrogen-bond acceptors (Lipinski definition) is 6. The molecular weight excluding hydrogens is 402 g/mol. The zero-order chi connectivity index (χ0) is 20.9. The first kappa shape index (κ1) is 18.4. The molecule has 0 aliphatic heterocycles. The van der Waals surface area contributed by atoms with Crippen molar-refractivity contribution in [1.29, 1.82) is 0 Å². The molecule has 0 aliphatic carbocycles. The van der Waals surface area contributed by atoms with Gasteiger partial charge in [-0.1, -0.05) is 49.4 Å². The number of thiazole rings is 1. The van der Waals surface area contributed by atoms with Crippen LogP contribution in [-0.2, 0) is 5.41 Å². The normalized spacial score (nSPS) is 12.0. The predicted octanol–water partition coefficient (Wildman–Crippen LogP) is 4.87. The molecule has 0 fully saturated rings. The van der Waals surface area contributed by atoms with Gasteiger partial charge in [-0.25, -0.2) is 9.78 Å². The molecule has 30 heavy (non-hydrogen) atoms. The summed E-state index contributed by atoms with van der Waals surface area (Å²) in [5.74, 6) is 1.08. The summed E-state index contributed by atoms with van der Waals surface area (Å²) in [6.45, 7) is 6.04. The Bertz CT molecular complexity index is 1350. The summed E-state index contributed by atoms with van der Waals surface area (Å²) in [5, 5.41) is 16.4. The van der Waals surface area contributed by atoms with Gasteiger partial charge in [0.05, 0.1) is 11.9 Å². The van der Waals surface area contributed by atoms with Crippen LogP contribution in [0.5, 0.6) is 0 Å². The van der Waals surface area contributed by atoms with Gasteiger partial charge in [0.15, 0.2) is 10.8 Å². The van der Waals surface area contributed by atoms with E-state index in [1.54, 1.807) is 23.6 Å². The average Bonchev–Trinajstić information content (AvgIpc) is 3.43. The molecule has 10 heteroatoms. The number of urea groups is 1. The molecule has 0 atom stereocenters. The molecule has 0 radical (unpaired) electrons. The summed E-state index contributed by atoms with van der Waals surface area (Å²) >= 11 is 1.55. The molecule has 0 saturated carbocycles. The predicted molar refractivity (Wildman–Crippen MR) is 116 cm³/mol. The molecule has 9 nitrogen and oxygen atoms in total. The fourth-order valence-corrected chi connectivity index (χ4v) is 3.97. The SMILES string of the molecule is CC(C)(C)c1cc(NC(=O)Nc2ccc(-c3cn4c(n3)sc3[nH]ncc34)cc2)no1. The standard InChI is InChI=1S/C20H19N7O2S/c1-20(2,3)15-8-16(26-29-15)24-18(28)22-12-6-4-11(5-7-12)13-10-27-14-9-21-25-17(14)30-19(27)23-13/h4-10H,1-3H3,(H,21,25)(H2,22,24,26,28). The van der Waals surface area contributed by atoms with Gasteiger partial charge in [-0.3, -0.25) is 14.8 Å². The topological polar surface area (TPSA) is 113 Å². The number of anilines is 2. The molecule has 0 aliphatic rings. The van der Waals surface area contributed by atoms with E-state index in [4.69, 9.17) is 4.52 Å². The molecule has 0 unspecified atom stereocenters. The number of nitrogens with one attached hydrogen (secondary N) is 3. The molecule has 152 valence electrons. The van der Waals surface area contributed by atoms with Gasteiger partial charge in [0.2, 0.25) is 0 Å². The minimum atomic E-state index is -0.388. The number of carbonyl (C=O) groups excluding carboxylic acids is 1. The van der Waals surface area contributed by atoms with Crippen molar-refractivity contribution >= 4 is 44.2 Å². The molecule has 5 aromatic rings. The molecule has 4 heterocycles. The lowest BCUT2D eigenvalue weighted by Crippen LogP contribution is -2.19. The molecule has 3 N–H and O–H groups in total. The van der Waals surface area contributed by atoms with E-state index in [-0.39, 0.29) is 11.4 Å². The highest BCUT2D eigenvalue weighted by Gasteiger charge is 2.20. The maximum Gasteiger partial charge on any atom is 0.324 e. The number of amides is 2.